The Hall–Kier alpha value is -2.83. The smallest absolute Gasteiger partial charge is 0.335 e. The van der Waals surface area contributed by atoms with E-state index in [1.165, 1.54) is 12.1 Å². The van der Waals surface area contributed by atoms with Gasteiger partial charge in [0.15, 0.2) is 0 Å². The molecule has 0 atom stereocenters. The standard InChI is InChI=1S/C14H16N4O3/c19-13(20)12-4-1-3-11(9-12)10-16-14(21)15-6-8-18-7-2-5-17-18/h1-5,7,9H,6,8,10H2,(H,19,20)(H2,15,16,21). The molecule has 0 radical (unpaired) electrons. The second kappa shape index (κ2) is 7.09. The summed E-state index contributed by atoms with van der Waals surface area (Å²) >= 11 is 0. The molecule has 21 heavy (non-hydrogen) atoms. The fourth-order valence-corrected chi connectivity index (χ4v) is 1.78. The summed E-state index contributed by atoms with van der Waals surface area (Å²) in [6, 6.07) is 7.97. The van der Waals surface area contributed by atoms with Gasteiger partial charge >= 0.3 is 12.0 Å². The van der Waals surface area contributed by atoms with Gasteiger partial charge in [-0.2, -0.15) is 5.10 Å². The van der Waals surface area contributed by atoms with E-state index < -0.39 is 5.97 Å². The molecule has 0 saturated carbocycles. The number of carbonyl (C=O) groups is 2. The minimum Gasteiger partial charge on any atom is -0.478 e. The Bertz CT molecular complexity index is 610. The van der Waals surface area contributed by atoms with Crippen LogP contribution < -0.4 is 10.6 Å². The molecule has 110 valence electrons. The van der Waals surface area contributed by atoms with Crippen LogP contribution in [0.4, 0.5) is 4.79 Å². The van der Waals surface area contributed by atoms with Gasteiger partial charge in [0.1, 0.15) is 0 Å². The highest BCUT2D eigenvalue weighted by Crippen LogP contribution is 2.04. The molecule has 0 aliphatic heterocycles. The number of carboxylic acids is 1. The lowest BCUT2D eigenvalue weighted by Gasteiger charge is -2.08. The predicted molar refractivity (Wildman–Crippen MR) is 75.9 cm³/mol. The van der Waals surface area contributed by atoms with E-state index in [9.17, 15) is 9.59 Å². The Labute approximate surface area is 121 Å². The molecule has 0 unspecified atom stereocenters. The molecule has 0 fully saturated rings. The van der Waals surface area contributed by atoms with Crippen LogP contribution in [0.5, 0.6) is 0 Å². The average molecular weight is 288 g/mol. The molecule has 7 nitrogen and oxygen atoms in total. The van der Waals surface area contributed by atoms with E-state index in [2.05, 4.69) is 15.7 Å². The summed E-state index contributed by atoms with van der Waals surface area (Å²) in [5.74, 6) is -0.986. The van der Waals surface area contributed by atoms with Gasteiger partial charge in [-0.05, 0) is 23.8 Å². The number of carboxylic acid groups (broad SMARTS) is 1. The Morgan fingerprint density at radius 2 is 2.10 bits per heavy atom. The van der Waals surface area contributed by atoms with Gasteiger partial charge in [-0.1, -0.05) is 12.1 Å². The molecule has 0 aliphatic carbocycles. The number of hydrogen-bond donors (Lipinski definition) is 3. The molecule has 0 spiro atoms. The lowest BCUT2D eigenvalue weighted by molar-refractivity contribution is 0.0696. The van der Waals surface area contributed by atoms with Crippen molar-refractivity contribution in [2.45, 2.75) is 13.1 Å². The van der Waals surface area contributed by atoms with Crippen LogP contribution in [0.15, 0.2) is 42.7 Å². The summed E-state index contributed by atoms with van der Waals surface area (Å²) in [7, 11) is 0. The molecule has 1 aromatic carbocycles. The topological polar surface area (TPSA) is 96.3 Å². The van der Waals surface area contributed by atoms with Crippen LogP contribution in [-0.4, -0.2) is 33.4 Å². The van der Waals surface area contributed by atoms with Gasteiger partial charge in [0, 0.05) is 25.5 Å². The summed E-state index contributed by atoms with van der Waals surface area (Å²) in [6.07, 6.45) is 3.49. The maximum atomic E-state index is 11.6. The number of nitrogens with zero attached hydrogens (tertiary/aromatic N) is 2. The quantitative estimate of drug-likeness (QED) is 0.741. The Morgan fingerprint density at radius 1 is 1.24 bits per heavy atom. The third-order valence-corrected chi connectivity index (χ3v) is 2.81. The van der Waals surface area contributed by atoms with Crippen LogP contribution in [0, 0.1) is 0 Å². The van der Waals surface area contributed by atoms with Gasteiger partial charge < -0.3 is 15.7 Å². The highest BCUT2D eigenvalue weighted by molar-refractivity contribution is 5.87. The number of aromatic carboxylic acids is 1. The highest BCUT2D eigenvalue weighted by Gasteiger charge is 2.04. The van der Waals surface area contributed by atoms with E-state index >= 15 is 0 Å². The number of nitrogens with one attached hydrogen (secondary N) is 2. The van der Waals surface area contributed by atoms with Crippen molar-refractivity contribution in [2.75, 3.05) is 6.54 Å². The molecule has 3 N–H and O–H groups in total. The first-order valence-electron chi connectivity index (χ1n) is 6.46. The zero-order valence-electron chi connectivity index (χ0n) is 11.3. The van der Waals surface area contributed by atoms with Crippen molar-refractivity contribution in [3.63, 3.8) is 0 Å². The summed E-state index contributed by atoms with van der Waals surface area (Å²) in [6.45, 7) is 1.33. The van der Waals surface area contributed by atoms with Gasteiger partial charge in [-0.25, -0.2) is 9.59 Å². The molecule has 0 bridgehead atoms. The third-order valence-electron chi connectivity index (χ3n) is 2.81. The second-order valence-electron chi connectivity index (χ2n) is 4.38. The van der Waals surface area contributed by atoms with Gasteiger partial charge in [0.05, 0.1) is 12.1 Å². The van der Waals surface area contributed by atoms with Gasteiger partial charge in [0.2, 0.25) is 0 Å². The number of rotatable bonds is 6. The van der Waals surface area contributed by atoms with Crippen LogP contribution in [0.2, 0.25) is 0 Å². The summed E-state index contributed by atoms with van der Waals surface area (Å²) in [5.41, 5.74) is 0.936. The van der Waals surface area contributed by atoms with Crippen molar-refractivity contribution in [2.24, 2.45) is 0 Å². The summed E-state index contributed by atoms with van der Waals surface area (Å²) < 4.78 is 1.72. The molecule has 1 aromatic heterocycles. The molecule has 2 amide bonds. The van der Waals surface area contributed by atoms with Gasteiger partial charge in [0.25, 0.3) is 0 Å². The fraction of sp³-hybridized carbons (Fsp3) is 0.214. The number of hydrogen-bond acceptors (Lipinski definition) is 3. The molecule has 0 saturated heterocycles. The number of urea groups is 1. The van der Waals surface area contributed by atoms with Crippen LogP contribution in [-0.2, 0) is 13.1 Å². The van der Waals surface area contributed by atoms with Crippen LogP contribution in [0.25, 0.3) is 0 Å². The number of aromatic nitrogens is 2. The SMILES string of the molecule is O=C(NCCn1cccn1)NCc1cccc(C(=O)O)c1. The van der Waals surface area contributed by atoms with Crippen molar-refractivity contribution >= 4 is 12.0 Å². The first-order valence-corrected chi connectivity index (χ1v) is 6.46. The zero-order chi connectivity index (χ0) is 15.1. The number of amides is 2. The first-order chi connectivity index (χ1) is 10.1. The van der Waals surface area contributed by atoms with Gasteiger partial charge in [-0.15, -0.1) is 0 Å². The molecule has 2 rings (SSSR count). The fourth-order valence-electron chi connectivity index (χ4n) is 1.78. The lowest BCUT2D eigenvalue weighted by Crippen LogP contribution is -2.36. The first kappa shape index (κ1) is 14.6. The molecule has 2 aromatic rings. The van der Waals surface area contributed by atoms with E-state index in [1.807, 2.05) is 12.3 Å². The van der Waals surface area contributed by atoms with Crippen molar-refractivity contribution in [3.8, 4) is 0 Å². The van der Waals surface area contributed by atoms with Crippen molar-refractivity contribution in [3.05, 3.63) is 53.9 Å². The largest absolute Gasteiger partial charge is 0.478 e. The lowest BCUT2D eigenvalue weighted by atomic mass is 10.1. The van der Waals surface area contributed by atoms with E-state index in [-0.39, 0.29) is 18.1 Å². The van der Waals surface area contributed by atoms with E-state index in [0.717, 1.165) is 5.56 Å². The zero-order valence-corrected chi connectivity index (χ0v) is 11.3. The van der Waals surface area contributed by atoms with E-state index in [1.54, 1.807) is 23.0 Å². The normalized spacial score (nSPS) is 10.1. The van der Waals surface area contributed by atoms with E-state index in [4.69, 9.17) is 5.11 Å². The van der Waals surface area contributed by atoms with Crippen molar-refractivity contribution < 1.29 is 14.7 Å². The van der Waals surface area contributed by atoms with Gasteiger partial charge in [-0.3, -0.25) is 4.68 Å². The predicted octanol–water partition coefficient (Wildman–Crippen LogP) is 1.08. The Kier molecular flexibility index (Phi) is 4.92. The average Bonchev–Trinajstić information content (AvgIpc) is 2.99. The number of benzene rings is 1. The Morgan fingerprint density at radius 3 is 2.81 bits per heavy atom. The maximum Gasteiger partial charge on any atom is 0.335 e. The third kappa shape index (κ3) is 4.64. The highest BCUT2D eigenvalue weighted by atomic mass is 16.4. The minimum atomic E-state index is -0.986. The van der Waals surface area contributed by atoms with Crippen LogP contribution in [0.1, 0.15) is 15.9 Å². The molecular formula is C14H16N4O3. The molecular weight excluding hydrogens is 272 g/mol. The minimum absolute atomic E-state index is 0.202. The monoisotopic (exact) mass is 288 g/mol. The summed E-state index contributed by atoms with van der Waals surface area (Å²) in [5, 5.41) is 18.3. The summed E-state index contributed by atoms with van der Waals surface area (Å²) in [4.78, 5) is 22.4. The second-order valence-corrected chi connectivity index (χ2v) is 4.38. The number of carbonyl (C=O) groups excluding carboxylic acids is 1. The maximum absolute atomic E-state index is 11.6. The van der Waals surface area contributed by atoms with E-state index in [0.29, 0.717) is 13.1 Å². The molecule has 0 aliphatic rings. The van der Waals surface area contributed by atoms with Crippen molar-refractivity contribution in [1.29, 1.82) is 0 Å². The molecule has 1 heterocycles. The van der Waals surface area contributed by atoms with Crippen LogP contribution >= 0.6 is 0 Å². The van der Waals surface area contributed by atoms with Crippen LogP contribution in [0.3, 0.4) is 0 Å². The molecule has 7 heteroatoms. The van der Waals surface area contributed by atoms with Crippen molar-refractivity contribution in [1.82, 2.24) is 20.4 Å². The Balaban J connectivity index is 1.73.